The van der Waals surface area contributed by atoms with Crippen LogP contribution in [0.5, 0.6) is 0 Å². The van der Waals surface area contributed by atoms with E-state index in [0.29, 0.717) is 11.6 Å². The summed E-state index contributed by atoms with van der Waals surface area (Å²) in [4.78, 5) is 13.8. The normalized spacial score (nSPS) is 15.2. The Hall–Kier alpha value is -1.30. The number of amides is 1. The first kappa shape index (κ1) is 15.1. The van der Waals surface area contributed by atoms with E-state index in [1.165, 1.54) is 0 Å². The van der Waals surface area contributed by atoms with Crippen LogP contribution >= 0.6 is 11.6 Å². The lowest BCUT2D eigenvalue weighted by Gasteiger charge is -2.29. The second-order valence-electron chi connectivity index (χ2n) is 4.59. The number of rotatable bonds is 5. The molecule has 1 aliphatic heterocycles. The Labute approximate surface area is 124 Å². The van der Waals surface area contributed by atoms with Crippen molar-refractivity contribution < 1.29 is 9.53 Å². The maximum absolute atomic E-state index is 11.6. The third-order valence-electron chi connectivity index (χ3n) is 3.12. The molecule has 0 aromatic heterocycles. The van der Waals surface area contributed by atoms with Crippen LogP contribution in [0.3, 0.4) is 0 Å². The first-order chi connectivity index (χ1) is 9.70. The van der Waals surface area contributed by atoms with Gasteiger partial charge >= 0.3 is 0 Å². The molecule has 6 heteroatoms. The van der Waals surface area contributed by atoms with Gasteiger partial charge in [-0.1, -0.05) is 18.5 Å². The van der Waals surface area contributed by atoms with Crippen LogP contribution in [-0.2, 0) is 9.53 Å². The number of ether oxygens (including phenoxy) is 1. The lowest BCUT2D eigenvalue weighted by Crippen LogP contribution is -2.36. The number of benzene rings is 1. The number of halogens is 1. The van der Waals surface area contributed by atoms with E-state index in [4.69, 9.17) is 16.3 Å². The highest BCUT2D eigenvalue weighted by Gasteiger charge is 2.14. The molecule has 1 aliphatic rings. The van der Waals surface area contributed by atoms with Gasteiger partial charge in [0.15, 0.2) is 0 Å². The van der Waals surface area contributed by atoms with Crippen LogP contribution in [-0.4, -0.2) is 45.3 Å². The van der Waals surface area contributed by atoms with Crippen LogP contribution in [0.1, 0.15) is 6.92 Å². The van der Waals surface area contributed by atoms with Crippen LogP contribution in [0.25, 0.3) is 0 Å². The van der Waals surface area contributed by atoms with Crippen molar-refractivity contribution in [2.75, 3.05) is 49.6 Å². The number of carbonyl (C=O) groups excluding carboxylic acids is 1. The van der Waals surface area contributed by atoms with Crippen LogP contribution in [0.2, 0.25) is 5.02 Å². The number of morpholine rings is 1. The van der Waals surface area contributed by atoms with Gasteiger partial charge in [-0.3, -0.25) is 4.79 Å². The molecule has 0 bridgehead atoms. The second-order valence-corrected chi connectivity index (χ2v) is 5.00. The van der Waals surface area contributed by atoms with E-state index < -0.39 is 0 Å². The first-order valence-corrected chi connectivity index (χ1v) is 7.21. The number of carbonyl (C=O) groups is 1. The minimum absolute atomic E-state index is 0.0676. The molecule has 1 aromatic carbocycles. The zero-order valence-electron chi connectivity index (χ0n) is 11.6. The summed E-state index contributed by atoms with van der Waals surface area (Å²) in [6, 6.07) is 5.60. The highest BCUT2D eigenvalue weighted by molar-refractivity contribution is 6.33. The molecule has 110 valence electrons. The van der Waals surface area contributed by atoms with Gasteiger partial charge < -0.3 is 20.3 Å². The zero-order chi connectivity index (χ0) is 14.4. The van der Waals surface area contributed by atoms with Gasteiger partial charge in [-0.15, -0.1) is 0 Å². The lowest BCUT2D eigenvalue weighted by atomic mass is 10.2. The quantitative estimate of drug-likeness (QED) is 0.869. The molecule has 0 spiro atoms. The Morgan fingerprint density at radius 3 is 2.80 bits per heavy atom. The van der Waals surface area contributed by atoms with Crippen LogP contribution < -0.4 is 15.5 Å². The number of anilines is 2. The average Bonchev–Trinajstić information content (AvgIpc) is 2.46. The van der Waals surface area contributed by atoms with Crippen molar-refractivity contribution >= 4 is 28.9 Å². The van der Waals surface area contributed by atoms with Gasteiger partial charge in [0, 0.05) is 18.8 Å². The van der Waals surface area contributed by atoms with Crippen LogP contribution in [0.15, 0.2) is 18.2 Å². The topological polar surface area (TPSA) is 53.6 Å². The third kappa shape index (κ3) is 4.10. The molecular formula is C14H20ClN3O2. The van der Waals surface area contributed by atoms with Gasteiger partial charge in [0.25, 0.3) is 0 Å². The molecule has 20 heavy (non-hydrogen) atoms. The number of nitrogens with one attached hydrogen (secondary N) is 2. The molecule has 5 nitrogen and oxygen atoms in total. The second kappa shape index (κ2) is 7.47. The average molecular weight is 298 g/mol. The zero-order valence-corrected chi connectivity index (χ0v) is 12.4. The summed E-state index contributed by atoms with van der Waals surface area (Å²) in [5.74, 6) is -0.0676. The molecule has 0 aliphatic carbocycles. The lowest BCUT2D eigenvalue weighted by molar-refractivity contribution is -0.115. The summed E-state index contributed by atoms with van der Waals surface area (Å²) in [7, 11) is 0. The Morgan fingerprint density at radius 2 is 2.15 bits per heavy atom. The fraction of sp³-hybridized carbons (Fsp3) is 0.500. The van der Waals surface area contributed by atoms with E-state index in [9.17, 15) is 4.79 Å². The molecule has 1 saturated heterocycles. The molecule has 2 rings (SSSR count). The fourth-order valence-electron chi connectivity index (χ4n) is 2.09. The summed E-state index contributed by atoms with van der Waals surface area (Å²) in [6.45, 7) is 6.15. The van der Waals surface area contributed by atoms with Crippen molar-refractivity contribution in [3.05, 3.63) is 23.2 Å². The standard InChI is InChI=1S/C14H20ClN3O2/c1-2-16-10-14(19)17-11-3-4-13(12(15)9-11)18-5-7-20-8-6-18/h3-4,9,16H,2,5-8,10H2,1H3,(H,17,19). The van der Waals surface area contributed by atoms with E-state index in [1.54, 1.807) is 6.07 Å². The van der Waals surface area contributed by atoms with E-state index in [1.807, 2.05) is 19.1 Å². The van der Waals surface area contributed by atoms with Gasteiger partial charge in [-0.2, -0.15) is 0 Å². The smallest absolute Gasteiger partial charge is 0.238 e. The summed E-state index contributed by atoms with van der Waals surface area (Å²) in [5, 5.41) is 6.44. The first-order valence-electron chi connectivity index (χ1n) is 6.83. The Morgan fingerprint density at radius 1 is 1.40 bits per heavy atom. The van der Waals surface area contributed by atoms with Gasteiger partial charge in [0.05, 0.1) is 30.5 Å². The Kier molecular flexibility index (Phi) is 5.64. The van der Waals surface area contributed by atoms with Crippen molar-refractivity contribution in [1.82, 2.24) is 5.32 Å². The third-order valence-corrected chi connectivity index (χ3v) is 3.42. The Balaban J connectivity index is 1.99. The van der Waals surface area contributed by atoms with Crippen molar-refractivity contribution in [2.45, 2.75) is 6.92 Å². The molecule has 1 fully saturated rings. The maximum atomic E-state index is 11.6. The summed E-state index contributed by atoms with van der Waals surface area (Å²) in [5.41, 5.74) is 1.70. The largest absolute Gasteiger partial charge is 0.378 e. The predicted octanol–water partition coefficient (Wildman–Crippen LogP) is 1.72. The molecule has 0 saturated carbocycles. The minimum atomic E-state index is -0.0676. The predicted molar refractivity (Wildman–Crippen MR) is 81.7 cm³/mol. The van der Waals surface area contributed by atoms with E-state index in [0.717, 1.165) is 44.2 Å². The van der Waals surface area contributed by atoms with E-state index in [-0.39, 0.29) is 5.91 Å². The maximum Gasteiger partial charge on any atom is 0.238 e. The number of hydrogen-bond donors (Lipinski definition) is 2. The molecule has 1 aromatic rings. The summed E-state index contributed by atoms with van der Waals surface area (Å²) in [6.07, 6.45) is 0. The fourth-order valence-corrected chi connectivity index (χ4v) is 2.39. The molecule has 1 amide bonds. The number of likely N-dealkylation sites (N-methyl/N-ethyl adjacent to an activating group) is 1. The monoisotopic (exact) mass is 297 g/mol. The van der Waals surface area contributed by atoms with Crippen molar-refractivity contribution in [2.24, 2.45) is 0 Å². The van der Waals surface area contributed by atoms with E-state index >= 15 is 0 Å². The molecule has 0 atom stereocenters. The summed E-state index contributed by atoms with van der Waals surface area (Å²) < 4.78 is 5.33. The van der Waals surface area contributed by atoms with Gasteiger partial charge in [-0.05, 0) is 24.7 Å². The molecular weight excluding hydrogens is 278 g/mol. The van der Waals surface area contributed by atoms with Crippen LogP contribution in [0.4, 0.5) is 11.4 Å². The summed E-state index contributed by atoms with van der Waals surface area (Å²) >= 11 is 6.30. The highest BCUT2D eigenvalue weighted by atomic mass is 35.5. The van der Waals surface area contributed by atoms with Gasteiger partial charge in [-0.25, -0.2) is 0 Å². The van der Waals surface area contributed by atoms with Crippen molar-refractivity contribution in [3.8, 4) is 0 Å². The van der Waals surface area contributed by atoms with E-state index in [2.05, 4.69) is 15.5 Å². The molecule has 0 radical (unpaired) electrons. The van der Waals surface area contributed by atoms with Crippen LogP contribution in [0, 0.1) is 0 Å². The molecule has 1 heterocycles. The Bertz CT molecular complexity index is 462. The molecule has 2 N–H and O–H groups in total. The SMILES string of the molecule is CCNCC(=O)Nc1ccc(N2CCOCC2)c(Cl)c1. The molecule has 0 unspecified atom stereocenters. The van der Waals surface area contributed by atoms with Crippen molar-refractivity contribution in [3.63, 3.8) is 0 Å². The number of nitrogens with zero attached hydrogens (tertiary/aromatic N) is 1. The number of hydrogen-bond acceptors (Lipinski definition) is 4. The minimum Gasteiger partial charge on any atom is -0.378 e. The highest BCUT2D eigenvalue weighted by Crippen LogP contribution is 2.29. The van der Waals surface area contributed by atoms with Gasteiger partial charge in [0.2, 0.25) is 5.91 Å². The van der Waals surface area contributed by atoms with Crippen molar-refractivity contribution in [1.29, 1.82) is 0 Å². The van der Waals surface area contributed by atoms with Gasteiger partial charge in [0.1, 0.15) is 0 Å².